The molecule has 0 radical (unpaired) electrons. The van der Waals surface area contributed by atoms with Gasteiger partial charge in [0.1, 0.15) is 0 Å². The quantitative estimate of drug-likeness (QED) is 0.505. The van der Waals surface area contributed by atoms with Crippen LogP contribution >= 0.6 is 0 Å². The van der Waals surface area contributed by atoms with Crippen molar-refractivity contribution in [3.63, 3.8) is 0 Å². The van der Waals surface area contributed by atoms with Gasteiger partial charge in [0.2, 0.25) is 0 Å². The third-order valence-electron chi connectivity index (χ3n) is 1.55. The molecule has 13 heavy (non-hydrogen) atoms. The Bertz CT molecular complexity index is 222. The number of aliphatic carboxylic acids is 1. The molecule has 0 bridgehead atoms. The lowest BCUT2D eigenvalue weighted by atomic mass is 10.1. The van der Waals surface area contributed by atoms with Gasteiger partial charge in [-0.3, -0.25) is 0 Å². The van der Waals surface area contributed by atoms with E-state index in [2.05, 4.69) is 0 Å². The number of rotatable bonds is 5. The minimum Gasteiger partial charge on any atom is -0.478 e. The summed E-state index contributed by atoms with van der Waals surface area (Å²) in [4.78, 5) is 10.3. The van der Waals surface area contributed by atoms with Crippen molar-refractivity contribution in [3.05, 3.63) is 23.3 Å². The van der Waals surface area contributed by atoms with E-state index in [4.69, 9.17) is 10.2 Å². The first-order valence-corrected chi connectivity index (χ1v) is 4.23. The number of allylic oxidation sites excluding steroid dienone is 2. The Kier molecular flexibility index (Phi) is 5.89. The summed E-state index contributed by atoms with van der Waals surface area (Å²) >= 11 is 0. The van der Waals surface area contributed by atoms with E-state index >= 15 is 0 Å². The van der Waals surface area contributed by atoms with Gasteiger partial charge in [0.25, 0.3) is 0 Å². The summed E-state index contributed by atoms with van der Waals surface area (Å²) in [5.74, 6) is -0.999. The van der Waals surface area contributed by atoms with E-state index in [0.29, 0.717) is 12.0 Å². The van der Waals surface area contributed by atoms with E-state index in [1.54, 1.807) is 0 Å². The van der Waals surface area contributed by atoms with Crippen molar-refractivity contribution in [3.8, 4) is 0 Å². The van der Waals surface area contributed by atoms with Crippen LogP contribution in [0, 0.1) is 0 Å². The lowest BCUT2D eigenvalue weighted by molar-refractivity contribution is -0.131. The molecule has 2 N–H and O–H groups in total. The average molecular weight is 184 g/mol. The fraction of sp³-hybridized carbons (Fsp3) is 0.500. The Morgan fingerprint density at radius 1 is 1.38 bits per heavy atom. The summed E-state index contributed by atoms with van der Waals surface area (Å²) in [7, 11) is 0. The van der Waals surface area contributed by atoms with E-state index < -0.39 is 5.97 Å². The van der Waals surface area contributed by atoms with Gasteiger partial charge in [-0.15, -0.1) is 0 Å². The van der Waals surface area contributed by atoms with Crippen LogP contribution in [-0.2, 0) is 4.79 Å². The van der Waals surface area contributed by atoms with Gasteiger partial charge in [0.05, 0.1) is 6.61 Å². The van der Waals surface area contributed by atoms with Crippen LogP contribution in [0.25, 0.3) is 0 Å². The van der Waals surface area contributed by atoms with Gasteiger partial charge in [-0.2, -0.15) is 0 Å². The van der Waals surface area contributed by atoms with Crippen molar-refractivity contribution < 1.29 is 15.0 Å². The van der Waals surface area contributed by atoms with Crippen molar-refractivity contribution in [2.45, 2.75) is 26.7 Å². The summed E-state index contributed by atoms with van der Waals surface area (Å²) in [6, 6.07) is 0. The van der Waals surface area contributed by atoms with Gasteiger partial charge in [-0.25, -0.2) is 4.79 Å². The molecule has 0 atom stereocenters. The molecule has 0 unspecified atom stereocenters. The van der Waals surface area contributed by atoms with Crippen molar-refractivity contribution in [1.29, 1.82) is 0 Å². The molecule has 0 heterocycles. The number of hydrogen-bond acceptors (Lipinski definition) is 2. The Hall–Kier alpha value is -1.09. The molecule has 74 valence electrons. The first-order valence-electron chi connectivity index (χ1n) is 4.23. The van der Waals surface area contributed by atoms with E-state index in [0.717, 1.165) is 12.5 Å². The van der Waals surface area contributed by atoms with Crippen LogP contribution in [0.2, 0.25) is 0 Å². The highest BCUT2D eigenvalue weighted by atomic mass is 16.4. The number of carboxylic acids is 1. The number of aliphatic hydroxyl groups is 1. The zero-order valence-electron chi connectivity index (χ0n) is 8.08. The summed E-state index contributed by atoms with van der Waals surface area (Å²) in [6.45, 7) is 3.79. The second-order valence-electron chi connectivity index (χ2n) is 3.12. The van der Waals surface area contributed by atoms with E-state index in [-0.39, 0.29) is 6.61 Å². The van der Waals surface area contributed by atoms with Gasteiger partial charge in [-0.1, -0.05) is 11.6 Å². The average Bonchev–Trinajstić information content (AvgIpc) is 2.01. The molecule has 0 aliphatic heterocycles. The van der Waals surface area contributed by atoms with Gasteiger partial charge in [0, 0.05) is 6.08 Å². The maximum absolute atomic E-state index is 10.3. The zero-order valence-corrected chi connectivity index (χ0v) is 8.08. The van der Waals surface area contributed by atoms with Crippen LogP contribution < -0.4 is 0 Å². The van der Waals surface area contributed by atoms with E-state index in [1.165, 1.54) is 5.57 Å². The van der Waals surface area contributed by atoms with Crippen molar-refractivity contribution in [2.24, 2.45) is 0 Å². The monoisotopic (exact) mass is 184 g/mol. The van der Waals surface area contributed by atoms with Crippen LogP contribution in [0.3, 0.4) is 0 Å². The lowest BCUT2D eigenvalue weighted by Gasteiger charge is -1.99. The van der Waals surface area contributed by atoms with Gasteiger partial charge in [0.15, 0.2) is 0 Å². The second kappa shape index (κ2) is 6.43. The molecule has 0 spiro atoms. The van der Waals surface area contributed by atoms with Crippen LogP contribution in [0.1, 0.15) is 26.7 Å². The van der Waals surface area contributed by atoms with Crippen molar-refractivity contribution in [2.75, 3.05) is 6.61 Å². The molecule has 0 fully saturated rings. The Balaban J connectivity index is 4.00. The van der Waals surface area contributed by atoms with Crippen LogP contribution in [-0.4, -0.2) is 22.8 Å². The number of carbonyl (C=O) groups is 1. The van der Waals surface area contributed by atoms with Crippen molar-refractivity contribution >= 4 is 5.97 Å². The predicted octanol–water partition coefficient (Wildman–Crippen LogP) is 1.74. The van der Waals surface area contributed by atoms with Gasteiger partial charge < -0.3 is 10.2 Å². The fourth-order valence-corrected chi connectivity index (χ4v) is 0.918. The Morgan fingerprint density at radius 3 is 2.38 bits per heavy atom. The van der Waals surface area contributed by atoms with Crippen LogP contribution in [0.15, 0.2) is 23.3 Å². The maximum atomic E-state index is 10.3. The third-order valence-corrected chi connectivity index (χ3v) is 1.55. The number of hydrogen-bond donors (Lipinski definition) is 2. The number of carboxylic acid groups (broad SMARTS) is 1. The van der Waals surface area contributed by atoms with Gasteiger partial charge in [-0.05, 0) is 32.3 Å². The molecule has 0 aliphatic carbocycles. The summed E-state index contributed by atoms with van der Waals surface area (Å²) < 4.78 is 0. The maximum Gasteiger partial charge on any atom is 0.328 e. The standard InChI is InChI=1S/C10H16O3/c1-8(2)4-3-5-9(7-11)6-10(12)13/h4,6,11H,3,5,7H2,1-2H3,(H,12,13)/b9-6-. The first-order chi connectivity index (χ1) is 6.06. The van der Waals surface area contributed by atoms with Crippen molar-refractivity contribution in [1.82, 2.24) is 0 Å². The molecular formula is C10H16O3. The zero-order chi connectivity index (χ0) is 10.3. The molecule has 0 saturated heterocycles. The molecule has 0 aliphatic rings. The Labute approximate surface area is 78.4 Å². The summed E-state index contributed by atoms with van der Waals surface area (Å²) in [5.41, 5.74) is 1.76. The molecule has 0 aromatic rings. The van der Waals surface area contributed by atoms with E-state index in [9.17, 15) is 4.79 Å². The number of aliphatic hydroxyl groups excluding tert-OH is 1. The topological polar surface area (TPSA) is 57.5 Å². The lowest BCUT2D eigenvalue weighted by Crippen LogP contribution is -1.96. The summed E-state index contributed by atoms with van der Waals surface area (Å²) in [6.07, 6.45) is 4.47. The molecule has 0 saturated carbocycles. The molecular weight excluding hydrogens is 168 g/mol. The highest BCUT2D eigenvalue weighted by Gasteiger charge is 1.97. The minimum atomic E-state index is -0.999. The van der Waals surface area contributed by atoms with Crippen LogP contribution in [0.4, 0.5) is 0 Å². The molecule has 0 aromatic heterocycles. The second-order valence-corrected chi connectivity index (χ2v) is 3.12. The van der Waals surface area contributed by atoms with Gasteiger partial charge >= 0.3 is 5.97 Å². The molecule has 0 aromatic carbocycles. The fourth-order valence-electron chi connectivity index (χ4n) is 0.918. The predicted molar refractivity (Wildman–Crippen MR) is 51.5 cm³/mol. The van der Waals surface area contributed by atoms with E-state index in [1.807, 2.05) is 19.9 Å². The first kappa shape index (κ1) is 11.9. The summed E-state index contributed by atoms with van der Waals surface area (Å²) in [5, 5.41) is 17.2. The minimum absolute atomic E-state index is 0.178. The molecule has 0 amide bonds. The SMILES string of the molecule is CC(C)=CCC/C(=C/C(=O)O)CO. The smallest absolute Gasteiger partial charge is 0.328 e. The highest BCUT2D eigenvalue weighted by molar-refractivity contribution is 5.80. The Morgan fingerprint density at radius 2 is 2.00 bits per heavy atom. The molecule has 3 nitrogen and oxygen atoms in total. The van der Waals surface area contributed by atoms with Crippen LogP contribution in [0.5, 0.6) is 0 Å². The normalized spacial score (nSPS) is 11.2. The third kappa shape index (κ3) is 7.28. The highest BCUT2D eigenvalue weighted by Crippen LogP contribution is 2.06. The molecule has 0 rings (SSSR count). The molecule has 3 heteroatoms. The largest absolute Gasteiger partial charge is 0.478 e.